The fourth-order valence-corrected chi connectivity index (χ4v) is 3.57. The van der Waals surface area contributed by atoms with Crippen LogP contribution >= 0.6 is 0 Å². The first-order valence-corrected chi connectivity index (χ1v) is 12.2. The molecule has 1 unspecified atom stereocenters. The van der Waals surface area contributed by atoms with Crippen LogP contribution < -0.4 is 0 Å². The molecule has 0 saturated heterocycles. The van der Waals surface area contributed by atoms with Crippen molar-refractivity contribution in [2.75, 3.05) is 19.8 Å². The van der Waals surface area contributed by atoms with Gasteiger partial charge in [-0.2, -0.15) is 8.42 Å². The number of ether oxygens (including phenoxy) is 2. The van der Waals surface area contributed by atoms with Gasteiger partial charge in [-0.05, 0) is 6.42 Å². The molecule has 0 aliphatic carbocycles. The Labute approximate surface area is 175 Å². The van der Waals surface area contributed by atoms with Gasteiger partial charge >= 0.3 is 11.9 Å². The van der Waals surface area contributed by atoms with Gasteiger partial charge in [0.1, 0.15) is 6.61 Å². The van der Waals surface area contributed by atoms with E-state index in [2.05, 4.69) is 11.7 Å². The predicted molar refractivity (Wildman–Crippen MR) is 110 cm³/mol. The molecule has 0 aromatic rings. The van der Waals surface area contributed by atoms with E-state index in [-0.39, 0.29) is 13.2 Å². The molecule has 0 amide bonds. The van der Waals surface area contributed by atoms with Crippen molar-refractivity contribution in [1.82, 2.24) is 0 Å². The highest BCUT2D eigenvalue weighted by atomic mass is 32.2. The highest BCUT2D eigenvalue weighted by Crippen LogP contribution is 2.12. The Kier molecular flexibility index (Phi) is 16.9. The summed E-state index contributed by atoms with van der Waals surface area (Å²) in [4.78, 5) is 22.2. The second-order valence-electron chi connectivity index (χ2n) is 7.27. The lowest BCUT2D eigenvalue weighted by Crippen LogP contribution is -2.34. The normalized spacial score (nSPS) is 12.6. The van der Waals surface area contributed by atoms with Crippen molar-refractivity contribution in [3.05, 3.63) is 0 Å². The maximum absolute atomic E-state index is 11.6. The highest BCUT2D eigenvalue weighted by molar-refractivity contribution is 7.87. The topological polar surface area (TPSA) is 127 Å². The van der Waals surface area contributed by atoms with Gasteiger partial charge in [-0.1, -0.05) is 77.6 Å². The van der Waals surface area contributed by atoms with Crippen LogP contribution in [0.3, 0.4) is 0 Å². The summed E-state index contributed by atoms with van der Waals surface area (Å²) >= 11 is 0. The van der Waals surface area contributed by atoms with Gasteiger partial charge in [0.25, 0.3) is 10.1 Å². The molecule has 2 N–H and O–H groups in total. The van der Waals surface area contributed by atoms with Crippen molar-refractivity contribution in [3.63, 3.8) is 0 Å². The molecular formula is C20H38O8S. The smallest absolute Gasteiger partial charge is 0.327 e. The Bertz CT molecular complexity index is 533. The SMILES string of the molecule is CCCCCCCCCCCCCCOCCOC(=O)C(CC(=O)O)S(=O)(=O)O. The average molecular weight is 439 g/mol. The van der Waals surface area contributed by atoms with Gasteiger partial charge in [0, 0.05) is 6.61 Å². The van der Waals surface area contributed by atoms with Crippen LogP contribution in [-0.2, 0) is 29.2 Å². The van der Waals surface area contributed by atoms with E-state index in [1.54, 1.807) is 0 Å². The van der Waals surface area contributed by atoms with Crippen molar-refractivity contribution < 1.29 is 37.1 Å². The van der Waals surface area contributed by atoms with Gasteiger partial charge in [-0.15, -0.1) is 0 Å². The minimum absolute atomic E-state index is 0.0923. The van der Waals surface area contributed by atoms with E-state index in [1.165, 1.54) is 64.2 Å². The van der Waals surface area contributed by atoms with Crippen molar-refractivity contribution in [3.8, 4) is 0 Å². The third kappa shape index (κ3) is 17.4. The average Bonchev–Trinajstić information content (AvgIpc) is 2.64. The molecule has 0 fully saturated rings. The fourth-order valence-electron chi connectivity index (χ4n) is 2.91. The molecular weight excluding hydrogens is 400 g/mol. The Morgan fingerprint density at radius 2 is 1.28 bits per heavy atom. The zero-order valence-electron chi connectivity index (χ0n) is 17.6. The van der Waals surface area contributed by atoms with Gasteiger partial charge in [-0.25, -0.2) is 0 Å². The number of hydrogen-bond acceptors (Lipinski definition) is 6. The zero-order chi connectivity index (χ0) is 22.0. The molecule has 0 saturated carbocycles. The van der Waals surface area contributed by atoms with E-state index < -0.39 is 33.7 Å². The Balaban J connectivity index is 3.52. The van der Waals surface area contributed by atoms with E-state index in [1.807, 2.05) is 0 Å². The lowest BCUT2D eigenvalue weighted by atomic mass is 10.1. The number of carbonyl (C=O) groups excluding carboxylic acids is 1. The summed E-state index contributed by atoms with van der Waals surface area (Å²) in [5.41, 5.74) is 0. The van der Waals surface area contributed by atoms with Gasteiger partial charge in [0.2, 0.25) is 0 Å². The first-order chi connectivity index (χ1) is 13.8. The molecule has 0 rings (SSSR count). The third-order valence-corrected chi connectivity index (χ3v) is 5.67. The molecule has 0 bridgehead atoms. The monoisotopic (exact) mass is 438 g/mol. The van der Waals surface area contributed by atoms with E-state index in [9.17, 15) is 18.0 Å². The molecule has 0 aliphatic rings. The van der Waals surface area contributed by atoms with Crippen molar-refractivity contribution in [1.29, 1.82) is 0 Å². The molecule has 8 nitrogen and oxygen atoms in total. The van der Waals surface area contributed by atoms with Gasteiger partial charge in [-0.3, -0.25) is 14.1 Å². The number of carbonyl (C=O) groups is 2. The fraction of sp³-hybridized carbons (Fsp3) is 0.900. The maximum atomic E-state index is 11.6. The lowest BCUT2D eigenvalue weighted by molar-refractivity contribution is -0.148. The van der Waals surface area contributed by atoms with Gasteiger partial charge < -0.3 is 14.6 Å². The van der Waals surface area contributed by atoms with Crippen LogP contribution in [0.5, 0.6) is 0 Å². The minimum atomic E-state index is -4.83. The summed E-state index contributed by atoms with van der Waals surface area (Å²) in [5.74, 6) is -2.81. The second kappa shape index (κ2) is 17.7. The molecule has 0 radical (unpaired) electrons. The Hall–Kier alpha value is -1.19. The van der Waals surface area contributed by atoms with E-state index >= 15 is 0 Å². The third-order valence-electron chi connectivity index (χ3n) is 4.60. The van der Waals surface area contributed by atoms with Gasteiger partial charge in [0.15, 0.2) is 5.25 Å². The number of hydrogen-bond donors (Lipinski definition) is 2. The Morgan fingerprint density at radius 3 is 1.72 bits per heavy atom. The number of carboxylic acids is 1. The molecule has 9 heteroatoms. The predicted octanol–water partition coefficient (Wildman–Crippen LogP) is 3.98. The van der Waals surface area contributed by atoms with Crippen LogP contribution in [0.4, 0.5) is 0 Å². The standard InChI is InChI=1S/C20H38O8S/c1-2-3-4-5-6-7-8-9-10-11-12-13-14-27-15-16-28-20(23)18(17-19(21)22)29(24,25)26/h18H,2-17H2,1H3,(H,21,22)(H,24,25,26). The lowest BCUT2D eigenvalue weighted by Gasteiger charge is -2.11. The van der Waals surface area contributed by atoms with E-state index in [0.717, 1.165) is 12.8 Å². The minimum Gasteiger partial charge on any atom is -0.481 e. The number of rotatable bonds is 20. The zero-order valence-corrected chi connectivity index (χ0v) is 18.5. The number of unbranched alkanes of at least 4 members (excludes halogenated alkanes) is 11. The Morgan fingerprint density at radius 1 is 0.793 bits per heavy atom. The van der Waals surface area contributed by atoms with Gasteiger partial charge in [0.05, 0.1) is 13.0 Å². The van der Waals surface area contributed by atoms with Crippen LogP contribution in [0.25, 0.3) is 0 Å². The summed E-state index contributed by atoms with van der Waals surface area (Å²) in [6, 6.07) is 0. The summed E-state index contributed by atoms with van der Waals surface area (Å²) in [6.45, 7) is 2.65. The van der Waals surface area contributed by atoms with Crippen molar-refractivity contribution in [2.24, 2.45) is 0 Å². The maximum Gasteiger partial charge on any atom is 0.327 e. The molecule has 0 heterocycles. The summed E-state index contributed by atoms with van der Waals surface area (Å²) < 4.78 is 41.0. The molecule has 0 spiro atoms. The summed E-state index contributed by atoms with van der Waals surface area (Å²) in [6.07, 6.45) is 13.9. The van der Waals surface area contributed by atoms with Crippen LogP contribution in [0, 0.1) is 0 Å². The molecule has 0 aliphatic heterocycles. The first-order valence-electron chi connectivity index (χ1n) is 10.7. The highest BCUT2D eigenvalue weighted by Gasteiger charge is 2.34. The van der Waals surface area contributed by atoms with Crippen molar-refractivity contribution >= 4 is 22.1 Å². The van der Waals surface area contributed by atoms with E-state index in [0.29, 0.717) is 6.61 Å². The van der Waals surface area contributed by atoms with Crippen LogP contribution in [0.15, 0.2) is 0 Å². The number of carboxylic acid groups (broad SMARTS) is 1. The molecule has 0 aromatic heterocycles. The van der Waals surface area contributed by atoms with Crippen LogP contribution in [0.2, 0.25) is 0 Å². The quantitative estimate of drug-likeness (QED) is 0.166. The second-order valence-corrected chi connectivity index (χ2v) is 8.87. The van der Waals surface area contributed by atoms with Crippen LogP contribution in [0.1, 0.15) is 90.4 Å². The van der Waals surface area contributed by atoms with Crippen LogP contribution in [-0.4, -0.2) is 55.1 Å². The first kappa shape index (κ1) is 27.8. The molecule has 172 valence electrons. The molecule has 1 atom stereocenters. The largest absolute Gasteiger partial charge is 0.481 e. The number of aliphatic carboxylic acids is 1. The summed E-state index contributed by atoms with van der Waals surface area (Å²) in [7, 11) is -4.83. The molecule has 0 aromatic carbocycles. The number of esters is 1. The summed E-state index contributed by atoms with van der Waals surface area (Å²) in [5, 5.41) is 6.49. The van der Waals surface area contributed by atoms with Crippen molar-refractivity contribution in [2.45, 2.75) is 95.6 Å². The molecule has 29 heavy (non-hydrogen) atoms. The van der Waals surface area contributed by atoms with E-state index in [4.69, 9.17) is 14.4 Å².